The molecule has 1 aliphatic rings. The summed E-state index contributed by atoms with van der Waals surface area (Å²) in [5, 5.41) is 6.36. The van der Waals surface area contributed by atoms with Crippen LogP contribution in [-0.2, 0) is 27.2 Å². The molecular formula is C25H27ClN4O3S. The molecule has 1 saturated heterocycles. The first-order chi connectivity index (χ1) is 16.5. The second-order valence-corrected chi connectivity index (χ2v) is 9.54. The highest BCUT2D eigenvalue weighted by Gasteiger charge is 2.16. The molecule has 0 bridgehead atoms. The molecule has 0 aliphatic carbocycles. The zero-order valence-corrected chi connectivity index (χ0v) is 20.6. The van der Waals surface area contributed by atoms with Gasteiger partial charge >= 0.3 is 0 Å². The number of hydrogen-bond donors (Lipinski definition) is 1. The normalized spacial score (nSPS) is 13.5. The number of halogens is 1. The summed E-state index contributed by atoms with van der Waals surface area (Å²) in [5.41, 5.74) is 3.59. The highest BCUT2D eigenvalue weighted by Crippen LogP contribution is 2.20. The fourth-order valence-electron chi connectivity index (χ4n) is 3.70. The number of morpholine rings is 1. The van der Waals surface area contributed by atoms with E-state index in [1.807, 2.05) is 53.9 Å². The Morgan fingerprint density at radius 3 is 2.68 bits per heavy atom. The standard InChI is InChI=1S/C25H27ClN4O3S/c1-29(16-23(31)27-20-5-7-22(8-6-20)30-9-11-33-12-10-30)25(32)15-21-17-34-24(28-21)14-18-3-2-4-19(26)13-18/h2-8,13,17H,9-12,14-16H2,1H3,(H,27,31). The summed E-state index contributed by atoms with van der Waals surface area (Å²) in [6.07, 6.45) is 0.825. The number of carbonyl (C=O) groups is 2. The molecule has 2 heterocycles. The van der Waals surface area contributed by atoms with Gasteiger partial charge in [-0.2, -0.15) is 0 Å². The van der Waals surface area contributed by atoms with Crippen molar-refractivity contribution in [3.63, 3.8) is 0 Å². The lowest BCUT2D eigenvalue weighted by molar-refractivity contribution is -0.132. The lowest BCUT2D eigenvalue weighted by atomic mass is 10.2. The van der Waals surface area contributed by atoms with Gasteiger partial charge in [-0.3, -0.25) is 9.59 Å². The van der Waals surface area contributed by atoms with Crippen molar-refractivity contribution in [2.75, 3.05) is 50.1 Å². The molecule has 0 saturated carbocycles. The van der Waals surface area contributed by atoms with Crippen LogP contribution in [0.3, 0.4) is 0 Å². The third kappa shape index (κ3) is 6.79. The number of benzene rings is 2. The summed E-state index contributed by atoms with van der Waals surface area (Å²) in [7, 11) is 1.63. The highest BCUT2D eigenvalue weighted by atomic mass is 35.5. The van der Waals surface area contributed by atoms with Crippen LogP contribution in [0.1, 0.15) is 16.3 Å². The molecule has 0 radical (unpaired) electrons. The fraction of sp³-hybridized carbons (Fsp3) is 0.320. The molecule has 1 aromatic heterocycles. The first kappa shape index (κ1) is 24.2. The van der Waals surface area contributed by atoms with Crippen LogP contribution in [0.5, 0.6) is 0 Å². The number of ether oxygens (including phenoxy) is 1. The molecule has 1 aliphatic heterocycles. The molecule has 1 fully saturated rings. The Balaban J connectivity index is 1.24. The predicted molar refractivity (Wildman–Crippen MR) is 136 cm³/mol. The maximum absolute atomic E-state index is 12.6. The SMILES string of the molecule is CN(CC(=O)Nc1ccc(N2CCOCC2)cc1)C(=O)Cc1csc(Cc2cccc(Cl)c2)n1. The smallest absolute Gasteiger partial charge is 0.243 e. The van der Waals surface area contributed by atoms with Crippen LogP contribution >= 0.6 is 22.9 Å². The molecule has 0 spiro atoms. The average molecular weight is 499 g/mol. The summed E-state index contributed by atoms with van der Waals surface area (Å²) in [6.45, 7) is 3.15. The number of aromatic nitrogens is 1. The lowest BCUT2D eigenvalue weighted by Crippen LogP contribution is -2.36. The molecular weight excluding hydrogens is 472 g/mol. The van der Waals surface area contributed by atoms with E-state index in [9.17, 15) is 9.59 Å². The molecule has 34 heavy (non-hydrogen) atoms. The maximum Gasteiger partial charge on any atom is 0.243 e. The van der Waals surface area contributed by atoms with E-state index >= 15 is 0 Å². The molecule has 3 aromatic rings. The Morgan fingerprint density at radius 2 is 1.94 bits per heavy atom. The van der Waals surface area contributed by atoms with Gasteiger partial charge in [-0.15, -0.1) is 11.3 Å². The second kappa shape index (κ2) is 11.5. The molecule has 7 nitrogen and oxygen atoms in total. The second-order valence-electron chi connectivity index (χ2n) is 8.16. The summed E-state index contributed by atoms with van der Waals surface area (Å²) in [5.74, 6) is -0.396. The number of amides is 2. The van der Waals surface area contributed by atoms with Gasteiger partial charge in [0.15, 0.2) is 0 Å². The minimum atomic E-state index is -0.241. The van der Waals surface area contributed by atoms with E-state index in [0.717, 1.165) is 42.6 Å². The maximum atomic E-state index is 12.6. The number of nitrogens with one attached hydrogen (secondary N) is 1. The first-order valence-corrected chi connectivity index (χ1v) is 12.4. The summed E-state index contributed by atoms with van der Waals surface area (Å²) < 4.78 is 5.38. The molecule has 2 amide bonds. The Kier molecular flexibility index (Phi) is 8.16. The Morgan fingerprint density at radius 1 is 1.18 bits per heavy atom. The Hall–Kier alpha value is -2.94. The third-order valence-electron chi connectivity index (χ3n) is 5.51. The zero-order valence-electron chi connectivity index (χ0n) is 19.0. The molecule has 178 valence electrons. The fourth-order valence-corrected chi connectivity index (χ4v) is 4.74. The highest BCUT2D eigenvalue weighted by molar-refractivity contribution is 7.09. The van der Waals surface area contributed by atoms with E-state index in [2.05, 4.69) is 15.2 Å². The zero-order chi connectivity index (χ0) is 23.9. The number of anilines is 2. The van der Waals surface area contributed by atoms with Crippen LogP contribution < -0.4 is 10.2 Å². The van der Waals surface area contributed by atoms with Gasteiger partial charge in [0.25, 0.3) is 0 Å². The minimum absolute atomic E-state index is 0.0242. The van der Waals surface area contributed by atoms with Crippen LogP contribution in [0, 0.1) is 0 Å². The van der Waals surface area contributed by atoms with Crippen LogP contribution in [0.15, 0.2) is 53.9 Å². The van der Waals surface area contributed by atoms with Crippen molar-refractivity contribution >= 4 is 46.1 Å². The van der Waals surface area contributed by atoms with Crippen LogP contribution in [0.2, 0.25) is 5.02 Å². The van der Waals surface area contributed by atoms with E-state index < -0.39 is 0 Å². The van der Waals surface area contributed by atoms with Crippen LogP contribution in [-0.4, -0.2) is 61.6 Å². The van der Waals surface area contributed by atoms with Gasteiger partial charge in [0.05, 0.1) is 36.9 Å². The lowest BCUT2D eigenvalue weighted by Gasteiger charge is -2.28. The van der Waals surface area contributed by atoms with Gasteiger partial charge in [-0.05, 0) is 42.0 Å². The molecule has 1 N–H and O–H groups in total. The van der Waals surface area contributed by atoms with Gasteiger partial charge in [0, 0.05) is 48.3 Å². The van der Waals surface area contributed by atoms with Crippen molar-refractivity contribution in [2.24, 2.45) is 0 Å². The number of likely N-dealkylation sites (N-methyl/N-ethyl adjacent to an activating group) is 1. The summed E-state index contributed by atoms with van der Waals surface area (Å²) in [6, 6.07) is 15.4. The number of nitrogens with zero attached hydrogens (tertiary/aromatic N) is 3. The van der Waals surface area contributed by atoms with E-state index in [1.165, 1.54) is 16.2 Å². The Labute approximate surface area is 208 Å². The third-order valence-corrected chi connectivity index (χ3v) is 6.64. The molecule has 0 atom stereocenters. The average Bonchev–Trinajstić information content (AvgIpc) is 3.26. The van der Waals surface area contributed by atoms with Crippen molar-refractivity contribution in [2.45, 2.75) is 12.8 Å². The van der Waals surface area contributed by atoms with Crippen molar-refractivity contribution < 1.29 is 14.3 Å². The molecule has 9 heteroatoms. The number of thiazole rings is 1. The van der Waals surface area contributed by atoms with E-state index in [4.69, 9.17) is 16.3 Å². The largest absolute Gasteiger partial charge is 0.378 e. The number of rotatable bonds is 8. The number of hydrogen-bond acceptors (Lipinski definition) is 6. The van der Waals surface area contributed by atoms with Crippen molar-refractivity contribution in [1.82, 2.24) is 9.88 Å². The summed E-state index contributed by atoms with van der Waals surface area (Å²) >= 11 is 7.56. The van der Waals surface area contributed by atoms with Gasteiger partial charge in [0.1, 0.15) is 0 Å². The quantitative estimate of drug-likeness (QED) is 0.510. The Bertz CT molecular complexity index is 1130. The van der Waals surface area contributed by atoms with Gasteiger partial charge in [0.2, 0.25) is 11.8 Å². The number of carbonyl (C=O) groups excluding carboxylic acids is 2. The van der Waals surface area contributed by atoms with Crippen molar-refractivity contribution in [1.29, 1.82) is 0 Å². The van der Waals surface area contributed by atoms with Crippen molar-refractivity contribution in [3.05, 3.63) is 75.2 Å². The van der Waals surface area contributed by atoms with Crippen molar-refractivity contribution in [3.8, 4) is 0 Å². The monoisotopic (exact) mass is 498 g/mol. The van der Waals surface area contributed by atoms with Crippen LogP contribution in [0.25, 0.3) is 0 Å². The van der Waals surface area contributed by atoms with E-state index in [-0.39, 0.29) is 24.8 Å². The first-order valence-electron chi connectivity index (χ1n) is 11.1. The van der Waals surface area contributed by atoms with Crippen LogP contribution in [0.4, 0.5) is 11.4 Å². The molecule has 4 rings (SSSR count). The minimum Gasteiger partial charge on any atom is -0.378 e. The van der Waals surface area contributed by atoms with Gasteiger partial charge in [-0.1, -0.05) is 23.7 Å². The summed E-state index contributed by atoms with van der Waals surface area (Å²) in [4.78, 5) is 33.3. The van der Waals surface area contributed by atoms with Gasteiger partial charge < -0.3 is 19.9 Å². The molecule has 2 aromatic carbocycles. The predicted octanol–water partition coefficient (Wildman–Crippen LogP) is 3.86. The van der Waals surface area contributed by atoms with E-state index in [1.54, 1.807) is 7.05 Å². The van der Waals surface area contributed by atoms with Gasteiger partial charge in [-0.25, -0.2) is 4.98 Å². The van der Waals surface area contributed by atoms with E-state index in [0.29, 0.717) is 22.8 Å². The topological polar surface area (TPSA) is 74.8 Å². The molecule has 0 unspecified atom stereocenters.